The van der Waals surface area contributed by atoms with Gasteiger partial charge in [-0.05, 0) is 29.8 Å². The van der Waals surface area contributed by atoms with Crippen LogP contribution in [-0.4, -0.2) is 48.0 Å². The van der Waals surface area contributed by atoms with Crippen molar-refractivity contribution in [1.29, 1.82) is 0 Å². The number of nitrogens with two attached hydrogens (primary N) is 1. The summed E-state index contributed by atoms with van der Waals surface area (Å²) in [6.45, 7) is 3.20. The van der Waals surface area contributed by atoms with Gasteiger partial charge in [0.2, 0.25) is 11.8 Å². The van der Waals surface area contributed by atoms with E-state index in [9.17, 15) is 18.4 Å². The molecule has 1 saturated heterocycles. The summed E-state index contributed by atoms with van der Waals surface area (Å²) in [5.74, 6) is -3.23. The summed E-state index contributed by atoms with van der Waals surface area (Å²) in [5, 5.41) is 8.91. The van der Waals surface area contributed by atoms with Crippen molar-refractivity contribution in [2.45, 2.75) is 6.54 Å². The Labute approximate surface area is 188 Å². The second-order valence-electron chi connectivity index (χ2n) is 7.38. The molecule has 0 radical (unpaired) electrons. The molecule has 5 N–H and O–H groups in total. The molecule has 33 heavy (non-hydrogen) atoms. The van der Waals surface area contributed by atoms with Crippen LogP contribution in [0.3, 0.4) is 0 Å². The molecule has 1 aliphatic rings. The van der Waals surface area contributed by atoms with Crippen molar-refractivity contribution in [2.24, 2.45) is 5.73 Å². The highest BCUT2D eigenvalue weighted by atomic mass is 19.1. The van der Waals surface area contributed by atoms with Crippen LogP contribution in [0.4, 0.5) is 25.1 Å². The van der Waals surface area contributed by atoms with Gasteiger partial charge in [0.15, 0.2) is 5.69 Å². The van der Waals surface area contributed by atoms with Crippen LogP contribution in [0.15, 0.2) is 46.9 Å². The lowest BCUT2D eigenvalue weighted by atomic mass is 10.2. The minimum atomic E-state index is -0.920. The number of halogens is 2. The molecule has 1 aromatic heterocycles. The summed E-state index contributed by atoms with van der Waals surface area (Å²) in [6.07, 6.45) is 0. The lowest BCUT2D eigenvalue weighted by Crippen LogP contribution is -2.50. The van der Waals surface area contributed by atoms with Gasteiger partial charge >= 0.3 is 6.03 Å². The molecule has 172 valence electrons. The number of anilines is 2. The van der Waals surface area contributed by atoms with E-state index in [2.05, 4.69) is 20.9 Å². The maximum absolute atomic E-state index is 14.1. The second kappa shape index (κ2) is 9.65. The van der Waals surface area contributed by atoms with Crippen molar-refractivity contribution in [3.05, 3.63) is 65.4 Å². The third kappa shape index (κ3) is 5.09. The Kier molecular flexibility index (Phi) is 6.50. The third-order valence-corrected chi connectivity index (χ3v) is 5.10. The van der Waals surface area contributed by atoms with Crippen LogP contribution < -0.4 is 21.7 Å². The van der Waals surface area contributed by atoms with Crippen molar-refractivity contribution in [1.82, 2.24) is 20.5 Å². The van der Waals surface area contributed by atoms with Gasteiger partial charge in [-0.2, -0.15) is 0 Å². The fraction of sp³-hybridized carbons (Fsp3) is 0.227. The number of hydrogen-bond acceptors (Lipinski definition) is 6. The average Bonchev–Trinajstić information content (AvgIpc) is 3.22. The molecule has 1 fully saturated rings. The Morgan fingerprint density at radius 3 is 2.39 bits per heavy atom. The number of oxazole rings is 1. The van der Waals surface area contributed by atoms with E-state index in [4.69, 9.17) is 10.2 Å². The maximum Gasteiger partial charge on any atom is 0.317 e. The molecular weight excluding hydrogens is 434 g/mol. The Morgan fingerprint density at radius 2 is 1.76 bits per heavy atom. The number of piperazine rings is 1. The third-order valence-electron chi connectivity index (χ3n) is 5.10. The van der Waals surface area contributed by atoms with Gasteiger partial charge in [-0.15, -0.1) is 0 Å². The zero-order valence-corrected chi connectivity index (χ0v) is 17.5. The van der Waals surface area contributed by atoms with Gasteiger partial charge in [0.25, 0.3) is 5.91 Å². The van der Waals surface area contributed by atoms with E-state index in [1.807, 2.05) is 0 Å². The molecule has 0 saturated carbocycles. The number of nitrogens with zero attached hydrogens (tertiary/aromatic N) is 2. The molecule has 11 heteroatoms. The average molecular weight is 456 g/mol. The number of hydrogen-bond donors (Lipinski definition) is 4. The summed E-state index contributed by atoms with van der Waals surface area (Å²) in [4.78, 5) is 29.6. The van der Waals surface area contributed by atoms with Gasteiger partial charge in [-0.25, -0.2) is 18.6 Å². The van der Waals surface area contributed by atoms with Crippen LogP contribution in [0.25, 0.3) is 11.5 Å². The summed E-state index contributed by atoms with van der Waals surface area (Å²) < 4.78 is 33.6. The Balaban J connectivity index is 1.46. The van der Waals surface area contributed by atoms with Crippen molar-refractivity contribution >= 4 is 23.5 Å². The van der Waals surface area contributed by atoms with Crippen LogP contribution in [0, 0.1) is 11.6 Å². The summed E-state index contributed by atoms with van der Waals surface area (Å²) >= 11 is 0. The number of rotatable bonds is 6. The summed E-state index contributed by atoms with van der Waals surface area (Å²) in [6, 6.07) is 10.1. The number of aromatic nitrogens is 1. The maximum atomic E-state index is 14.1. The first-order valence-electron chi connectivity index (χ1n) is 10.3. The number of nitrogens with one attached hydrogen (secondary N) is 3. The standard InChI is InChI=1S/C22H22F2N6O3/c23-15-2-1-3-16(24)17(15)20-29-18(19(25)31)21(33-20)28-14-6-4-13(5-7-14)12-27-22(32)30-10-8-26-9-11-30/h1-7,26,28H,8-12H2,(H2,25,31)(H,27,32). The minimum Gasteiger partial charge on any atom is -0.419 e. The predicted molar refractivity (Wildman–Crippen MR) is 117 cm³/mol. The first-order valence-corrected chi connectivity index (χ1v) is 10.3. The molecule has 1 aliphatic heterocycles. The van der Waals surface area contributed by atoms with Gasteiger partial charge in [0, 0.05) is 38.4 Å². The molecule has 3 amide bonds. The molecule has 3 aromatic rings. The second-order valence-corrected chi connectivity index (χ2v) is 7.38. The molecule has 9 nitrogen and oxygen atoms in total. The highest BCUT2D eigenvalue weighted by molar-refractivity contribution is 5.96. The first kappa shape index (κ1) is 22.2. The van der Waals surface area contributed by atoms with Crippen LogP contribution >= 0.6 is 0 Å². The Hall–Kier alpha value is -3.99. The van der Waals surface area contributed by atoms with Crippen molar-refractivity contribution in [3.63, 3.8) is 0 Å². The van der Waals surface area contributed by atoms with Gasteiger partial charge in [0.05, 0.1) is 0 Å². The molecule has 0 atom stereocenters. The number of carbonyl (C=O) groups is 2. The number of amides is 3. The van der Waals surface area contributed by atoms with Crippen molar-refractivity contribution < 1.29 is 22.8 Å². The fourth-order valence-corrected chi connectivity index (χ4v) is 3.38. The van der Waals surface area contributed by atoms with Crippen molar-refractivity contribution in [2.75, 3.05) is 31.5 Å². The number of primary amides is 1. The van der Waals surface area contributed by atoms with Crippen LogP contribution in [0.5, 0.6) is 0 Å². The quantitative estimate of drug-likeness (QED) is 0.452. The van der Waals surface area contributed by atoms with E-state index in [0.717, 1.165) is 30.8 Å². The topological polar surface area (TPSA) is 126 Å². The van der Waals surface area contributed by atoms with E-state index in [1.54, 1.807) is 29.2 Å². The van der Waals surface area contributed by atoms with E-state index in [1.165, 1.54) is 6.07 Å². The number of urea groups is 1. The van der Waals surface area contributed by atoms with Gasteiger partial charge in [-0.3, -0.25) is 4.79 Å². The lowest BCUT2D eigenvalue weighted by molar-refractivity contribution is 0.0996. The van der Waals surface area contributed by atoms with Crippen molar-refractivity contribution in [3.8, 4) is 11.5 Å². The SMILES string of the molecule is NC(=O)c1nc(-c2c(F)cccc2F)oc1Nc1ccc(CNC(=O)N2CCNCC2)cc1. The normalized spacial score (nSPS) is 13.6. The Morgan fingerprint density at radius 1 is 1.09 bits per heavy atom. The molecule has 0 aliphatic carbocycles. The van der Waals surface area contributed by atoms with E-state index < -0.39 is 29.0 Å². The number of carbonyl (C=O) groups excluding carboxylic acids is 2. The zero-order valence-electron chi connectivity index (χ0n) is 17.5. The highest BCUT2D eigenvalue weighted by Gasteiger charge is 2.23. The summed E-state index contributed by atoms with van der Waals surface area (Å²) in [5.41, 5.74) is 5.94. The van der Waals surface area contributed by atoms with Gasteiger partial charge in [0.1, 0.15) is 17.2 Å². The smallest absolute Gasteiger partial charge is 0.317 e. The molecule has 0 spiro atoms. The van der Waals surface area contributed by atoms with Crippen LogP contribution in [-0.2, 0) is 6.54 Å². The monoisotopic (exact) mass is 456 g/mol. The van der Waals surface area contributed by atoms with E-state index >= 15 is 0 Å². The largest absolute Gasteiger partial charge is 0.419 e. The van der Waals surface area contributed by atoms with Crippen LogP contribution in [0.2, 0.25) is 0 Å². The van der Waals surface area contributed by atoms with E-state index in [-0.39, 0.29) is 17.6 Å². The Bertz CT molecular complexity index is 1140. The first-order chi connectivity index (χ1) is 15.9. The molecule has 0 unspecified atom stereocenters. The molecule has 2 heterocycles. The minimum absolute atomic E-state index is 0.126. The van der Waals surface area contributed by atoms with Gasteiger partial charge < -0.3 is 31.0 Å². The predicted octanol–water partition coefficient (Wildman–Crippen LogP) is 2.58. The zero-order chi connectivity index (χ0) is 23.4. The van der Waals surface area contributed by atoms with E-state index in [0.29, 0.717) is 25.3 Å². The fourth-order valence-electron chi connectivity index (χ4n) is 3.38. The number of benzene rings is 2. The van der Waals surface area contributed by atoms with Crippen LogP contribution in [0.1, 0.15) is 16.1 Å². The molecular formula is C22H22F2N6O3. The molecule has 2 aromatic carbocycles. The summed E-state index contributed by atoms with van der Waals surface area (Å²) in [7, 11) is 0. The highest BCUT2D eigenvalue weighted by Crippen LogP contribution is 2.31. The van der Waals surface area contributed by atoms with Gasteiger partial charge in [-0.1, -0.05) is 18.2 Å². The molecule has 4 rings (SSSR count). The lowest BCUT2D eigenvalue weighted by Gasteiger charge is -2.27. The molecule has 0 bridgehead atoms.